The number of aromatic nitrogens is 1. The highest BCUT2D eigenvalue weighted by atomic mass is 79.9. The SMILES string of the molecule is CS(=O)(=O)N1Cc2cc(Br)ccc2NC[C@H]1Cc1cccnc1. The summed E-state index contributed by atoms with van der Waals surface area (Å²) in [5.41, 5.74) is 2.98. The third kappa shape index (κ3) is 3.91. The summed E-state index contributed by atoms with van der Waals surface area (Å²) < 4.78 is 27.1. The van der Waals surface area contributed by atoms with Gasteiger partial charge in [0, 0.05) is 41.7 Å². The first-order valence-corrected chi connectivity index (χ1v) is 9.95. The van der Waals surface area contributed by atoms with E-state index in [4.69, 9.17) is 0 Å². The maximum Gasteiger partial charge on any atom is 0.211 e. The van der Waals surface area contributed by atoms with Gasteiger partial charge in [-0.1, -0.05) is 22.0 Å². The maximum atomic E-state index is 12.3. The van der Waals surface area contributed by atoms with Crippen LogP contribution in [-0.4, -0.2) is 36.5 Å². The minimum absolute atomic E-state index is 0.152. The van der Waals surface area contributed by atoms with E-state index in [1.807, 2.05) is 30.3 Å². The number of rotatable bonds is 3. The number of fused-ring (bicyclic) bond motifs is 1. The van der Waals surface area contributed by atoms with E-state index >= 15 is 0 Å². The van der Waals surface area contributed by atoms with E-state index in [1.165, 1.54) is 6.26 Å². The van der Waals surface area contributed by atoms with Crippen LogP contribution < -0.4 is 5.32 Å². The van der Waals surface area contributed by atoms with Crippen LogP contribution in [0.3, 0.4) is 0 Å². The smallest absolute Gasteiger partial charge is 0.211 e. The topological polar surface area (TPSA) is 62.3 Å². The fourth-order valence-electron chi connectivity index (χ4n) is 2.85. The molecule has 0 saturated carbocycles. The Morgan fingerprint density at radius 1 is 1.39 bits per heavy atom. The van der Waals surface area contributed by atoms with Crippen LogP contribution in [-0.2, 0) is 23.0 Å². The summed E-state index contributed by atoms with van der Waals surface area (Å²) in [6, 6.07) is 9.59. The molecule has 0 aliphatic carbocycles. The molecule has 1 aromatic carbocycles. The Bertz CT molecular complexity index is 796. The summed E-state index contributed by atoms with van der Waals surface area (Å²) in [6.07, 6.45) is 5.40. The van der Waals surface area contributed by atoms with Crippen LogP contribution in [0.2, 0.25) is 0 Å². The Morgan fingerprint density at radius 2 is 2.22 bits per heavy atom. The predicted molar refractivity (Wildman–Crippen MR) is 94.7 cm³/mol. The summed E-state index contributed by atoms with van der Waals surface area (Å²) in [6.45, 7) is 0.933. The lowest BCUT2D eigenvalue weighted by molar-refractivity contribution is 0.328. The van der Waals surface area contributed by atoms with Gasteiger partial charge in [-0.2, -0.15) is 4.31 Å². The molecule has 0 saturated heterocycles. The molecule has 0 radical (unpaired) electrons. The van der Waals surface area contributed by atoms with Gasteiger partial charge in [0.15, 0.2) is 0 Å². The minimum atomic E-state index is -3.32. The van der Waals surface area contributed by atoms with E-state index < -0.39 is 10.0 Å². The highest BCUT2D eigenvalue weighted by Gasteiger charge is 2.30. The van der Waals surface area contributed by atoms with Crippen molar-refractivity contribution in [1.82, 2.24) is 9.29 Å². The lowest BCUT2D eigenvalue weighted by atomic mass is 10.1. The number of nitrogens with one attached hydrogen (secondary N) is 1. The molecular weight excluding hydrogens is 378 g/mol. The lowest BCUT2D eigenvalue weighted by Crippen LogP contribution is -2.42. The van der Waals surface area contributed by atoms with Crippen molar-refractivity contribution in [2.45, 2.75) is 19.0 Å². The third-order valence-corrected chi connectivity index (χ3v) is 5.72. The van der Waals surface area contributed by atoms with Crippen LogP contribution >= 0.6 is 15.9 Å². The molecule has 1 atom stereocenters. The maximum absolute atomic E-state index is 12.3. The molecule has 0 amide bonds. The van der Waals surface area contributed by atoms with Crippen molar-refractivity contribution in [1.29, 1.82) is 0 Å². The molecule has 2 heterocycles. The largest absolute Gasteiger partial charge is 0.383 e. The van der Waals surface area contributed by atoms with Crippen LogP contribution in [0, 0.1) is 0 Å². The molecule has 0 fully saturated rings. The number of hydrogen-bond donors (Lipinski definition) is 1. The molecule has 1 aliphatic rings. The van der Waals surface area contributed by atoms with Crippen molar-refractivity contribution in [2.75, 3.05) is 18.1 Å². The average Bonchev–Trinajstić information content (AvgIpc) is 2.68. The van der Waals surface area contributed by atoms with Crippen LogP contribution in [0.1, 0.15) is 11.1 Å². The summed E-state index contributed by atoms with van der Waals surface area (Å²) in [7, 11) is -3.32. The number of anilines is 1. The van der Waals surface area contributed by atoms with E-state index in [9.17, 15) is 8.42 Å². The van der Waals surface area contributed by atoms with Gasteiger partial charge in [-0.05, 0) is 41.8 Å². The van der Waals surface area contributed by atoms with E-state index in [0.717, 1.165) is 21.3 Å². The van der Waals surface area contributed by atoms with Crippen molar-refractivity contribution in [3.05, 3.63) is 58.3 Å². The highest BCUT2D eigenvalue weighted by molar-refractivity contribution is 9.10. The second-order valence-electron chi connectivity index (χ2n) is 5.71. The van der Waals surface area contributed by atoms with E-state index in [1.54, 1.807) is 16.7 Å². The molecule has 23 heavy (non-hydrogen) atoms. The van der Waals surface area contributed by atoms with E-state index in [0.29, 0.717) is 19.5 Å². The number of pyridine rings is 1. The zero-order valence-corrected chi connectivity index (χ0v) is 15.1. The van der Waals surface area contributed by atoms with E-state index in [2.05, 4.69) is 26.2 Å². The fraction of sp³-hybridized carbons (Fsp3) is 0.312. The van der Waals surface area contributed by atoms with Crippen molar-refractivity contribution in [3.8, 4) is 0 Å². The molecular formula is C16H18BrN3O2S. The first-order chi connectivity index (χ1) is 10.9. The molecule has 1 aromatic heterocycles. The molecule has 0 spiro atoms. The Hall–Kier alpha value is -1.44. The molecule has 0 unspecified atom stereocenters. The third-order valence-electron chi connectivity index (χ3n) is 3.95. The first-order valence-electron chi connectivity index (χ1n) is 7.31. The van der Waals surface area contributed by atoms with Crippen LogP contribution in [0.25, 0.3) is 0 Å². The van der Waals surface area contributed by atoms with Gasteiger partial charge < -0.3 is 5.32 Å². The van der Waals surface area contributed by atoms with E-state index in [-0.39, 0.29) is 6.04 Å². The minimum Gasteiger partial charge on any atom is -0.383 e. The van der Waals surface area contributed by atoms with Crippen molar-refractivity contribution >= 4 is 31.6 Å². The number of halogens is 1. The van der Waals surface area contributed by atoms with Gasteiger partial charge in [0.25, 0.3) is 0 Å². The molecule has 5 nitrogen and oxygen atoms in total. The zero-order valence-electron chi connectivity index (χ0n) is 12.7. The normalized spacial score (nSPS) is 18.8. The van der Waals surface area contributed by atoms with Crippen LogP contribution in [0.4, 0.5) is 5.69 Å². The zero-order chi connectivity index (χ0) is 16.4. The Kier molecular flexibility index (Phi) is 4.70. The number of benzene rings is 1. The Balaban J connectivity index is 1.93. The summed E-state index contributed by atoms with van der Waals surface area (Å²) in [5.74, 6) is 0. The number of sulfonamides is 1. The average molecular weight is 396 g/mol. The molecule has 3 rings (SSSR count). The molecule has 1 aliphatic heterocycles. The second kappa shape index (κ2) is 6.59. The van der Waals surface area contributed by atoms with Crippen LogP contribution in [0.15, 0.2) is 47.2 Å². The first kappa shape index (κ1) is 16.4. The predicted octanol–water partition coefficient (Wildman–Crippen LogP) is 2.64. The standard InChI is InChI=1S/C16H18BrN3O2S/c1-23(21,22)20-11-13-8-14(17)4-5-16(13)19-10-15(20)7-12-3-2-6-18-9-12/h2-6,8-9,15,19H,7,10-11H2,1H3/t15-/m1/s1. The highest BCUT2D eigenvalue weighted by Crippen LogP contribution is 2.28. The molecule has 0 bridgehead atoms. The fourth-order valence-corrected chi connectivity index (χ4v) is 4.32. The lowest BCUT2D eigenvalue weighted by Gasteiger charge is -2.27. The van der Waals surface area contributed by atoms with Gasteiger partial charge >= 0.3 is 0 Å². The van der Waals surface area contributed by atoms with Gasteiger partial charge in [0.05, 0.1) is 6.26 Å². The van der Waals surface area contributed by atoms with Crippen molar-refractivity contribution in [3.63, 3.8) is 0 Å². The molecule has 122 valence electrons. The molecule has 1 N–H and O–H groups in total. The van der Waals surface area contributed by atoms with Crippen molar-refractivity contribution < 1.29 is 8.42 Å². The van der Waals surface area contributed by atoms with Gasteiger partial charge in [0.2, 0.25) is 10.0 Å². The number of nitrogens with zero attached hydrogens (tertiary/aromatic N) is 2. The van der Waals surface area contributed by atoms with Gasteiger partial charge in [0.1, 0.15) is 0 Å². The monoisotopic (exact) mass is 395 g/mol. The molecule has 7 heteroatoms. The summed E-state index contributed by atoms with van der Waals surface area (Å²) in [5, 5.41) is 3.38. The Labute approximate surface area is 144 Å². The molecule has 2 aromatic rings. The summed E-state index contributed by atoms with van der Waals surface area (Å²) in [4.78, 5) is 4.12. The van der Waals surface area contributed by atoms with Gasteiger partial charge in [-0.15, -0.1) is 0 Å². The number of hydrogen-bond acceptors (Lipinski definition) is 4. The van der Waals surface area contributed by atoms with Crippen LogP contribution in [0.5, 0.6) is 0 Å². The van der Waals surface area contributed by atoms with Crippen molar-refractivity contribution in [2.24, 2.45) is 0 Å². The van der Waals surface area contributed by atoms with Gasteiger partial charge in [-0.3, -0.25) is 4.98 Å². The second-order valence-corrected chi connectivity index (χ2v) is 8.56. The summed E-state index contributed by atoms with van der Waals surface area (Å²) >= 11 is 3.45. The Morgan fingerprint density at radius 3 is 2.91 bits per heavy atom. The van der Waals surface area contributed by atoms with Gasteiger partial charge in [-0.25, -0.2) is 8.42 Å². The quantitative estimate of drug-likeness (QED) is 0.867.